The lowest BCUT2D eigenvalue weighted by molar-refractivity contribution is -0.119. The van der Waals surface area contributed by atoms with E-state index in [9.17, 15) is 4.79 Å². The van der Waals surface area contributed by atoms with Crippen molar-refractivity contribution >= 4 is 11.6 Å². The van der Waals surface area contributed by atoms with Gasteiger partial charge in [0.2, 0.25) is 5.91 Å². The summed E-state index contributed by atoms with van der Waals surface area (Å²) < 4.78 is 10.7. The lowest BCUT2D eigenvalue weighted by Gasteiger charge is -2.30. The van der Waals surface area contributed by atoms with Gasteiger partial charge in [0.25, 0.3) is 0 Å². The molecule has 5 heteroatoms. The van der Waals surface area contributed by atoms with E-state index in [2.05, 4.69) is 28.4 Å². The molecule has 0 unspecified atom stereocenters. The van der Waals surface area contributed by atoms with Crippen LogP contribution in [-0.2, 0) is 17.8 Å². The monoisotopic (exact) mass is 340 g/mol. The molecule has 0 radical (unpaired) electrons. The molecule has 1 N–H and O–H groups in total. The number of benzene rings is 2. The maximum absolute atomic E-state index is 12.4. The zero-order valence-electron chi connectivity index (χ0n) is 14.7. The Balaban J connectivity index is 1.63. The number of amides is 1. The number of hydrogen-bond acceptors (Lipinski definition) is 4. The van der Waals surface area contributed by atoms with E-state index < -0.39 is 0 Å². The molecule has 1 heterocycles. The van der Waals surface area contributed by atoms with E-state index in [-0.39, 0.29) is 5.91 Å². The minimum Gasteiger partial charge on any atom is -0.493 e. The van der Waals surface area contributed by atoms with Crippen molar-refractivity contribution < 1.29 is 14.3 Å². The first-order valence-corrected chi connectivity index (χ1v) is 8.52. The fraction of sp³-hybridized carbons (Fsp3) is 0.350. The minimum atomic E-state index is 0.00146. The molecule has 3 rings (SSSR count). The van der Waals surface area contributed by atoms with Crippen LogP contribution in [-0.4, -0.2) is 33.2 Å². The SMILES string of the molecule is COc1cccc(CNC(=O)CN2CCCc3ccccc32)c1OC. The topological polar surface area (TPSA) is 50.8 Å². The Labute approximate surface area is 148 Å². The summed E-state index contributed by atoms with van der Waals surface area (Å²) in [5.41, 5.74) is 3.38. The number of nitrogens with one attached hydrogen (secondary N) is 1. The molecule has 0 atom stereocenters. The first-order chi connectivity index (χ1) is 12.2. The fourth-order valence-corrected chi connectivity index (χ4v) is 3.29. The van der Waals surface area contributed by atoms with E-state index in [1.54, 1.807) is 14.2 Å². The molecule has 2 aromatic carbocycles. The van der Waals surface area contributed by atoms with Crippen molar-refractivity contribution in [3.63, 3.8) is 0 Å². The van der Waals surface area contributed by atoms with Gasteiger partial charge >= 0.3 is 0 Å². The summed E-state index contributed by atoms with van der Waals surface area (Å²) >= 11 is 0. The molecule has 1 aliphatic heterocycles. The summed E-state index contributed by atoms with van der Waals surface area (Å²) in [6, 6.07) is 14.0. The number of para-hydroxylation sites is 2. The minimum absolute atomic E-state index is 0.00146. The number of carbonyl (C=O) groups is 1. The van der Waals surface area contributed by atoms with Gasteiger partial charge < -0.3 is 19.7 Å². The smallest absolute Gasteiger partial charge is 0.239 e. The van der Waals surface area contributed by atoms with Crippen LogP contribution in [0.15, 0.2) is 42.5 Å². The van der Waals surface area contributed by atoms with E-state index in [0.29, 0.717) is 24.6 Å². The Morgan fingerprint density at radius 3 is 2.76 bits per heavy atom. The van der Waals surface area contributed by atoms with Gasteiger partial charge in [0.1, 0.15) is 0 Å². The molecule has 1 amide bonds. The maximum Gasteiger partial charge on any atom is 0.239 e. The molecule has 1 aliphatic rings. The van der Waals surface area contributed by atoms with E-state index >= 15 is 0 Å². The molecule has 0 fully saturated rings. The van der Waals surface area contributed by atoms with Gasteiger partial charge in [-0.1, -0.05) is 30.3 Å². The molecule has 0 saturated heterocycles. The lowest BCUT2D eigenvalue weighted by Crippen LogP contribution is -2.39. The van der Waals surface area contributed by atoms with Gasteiger partial charge in [-0.05, 0) is 30.5 Å². The van der Waals surface area contributed by atoms with E-state index in [1.807, 2.05) is 24.3 Å². The van der Waals surface area contributed by atoms with Crippen molar-refractivity contribution in [3.05, 3.63) is 53.6 Å². The van der Waals surface area contributed by atoms with Crippen LogP contribution in [0.5, 0.6) is 11.5 Å². The molecule has 5 nitrogen and oxygen atoms in total. The molecule has 132 valence electrons. The molecule has 0 spiro atoms. The third-order valence-corrected chi connectivity index (χ3v) is 4.50. The van der Waals surface area contributed by atoms with Gasteiger partial charge in [0.15, 0.2) is 11.5 Å². The Hall–Kier alpha value is -2.69. The number of hydrogen-bond donors (Lipinski definition) is 1. The van der Waals surface area contributed by atoms with Crippen molar-refractivity contribution in [1.29, 1.82) is 0 Å². The largest absolute Gasteiger partial charge is 0.493 e. The van der Waals surface area contributed by atoms with E-state index in [4.69, 9.17) is 9.47 Å². The highest BCUT2D eigenvalue weighted by molar-refractivity contribution is 5.82. The van der Waals surface area contributed by atoms with Crippen molar-refractivity contribution in [1.82, 2.24) is 5.32 Å². The summed E-state index contributed by atoms with van der Waals surface area (Å²) in [4.78, 5) is 14.6. The third-order valence-electron chi connectivity index (χ3n) is 4.50. The zero-order chi connectivity index (χ0) is 17.6. The Morgan fingerprint density at radius 2 is 1.96 bits per heavy atom. The third kappa shape index (κ3) is 3.87. The fourth-order valence-electron chi connectivity index (χ4n) is 3.29. The lowest BCUT2D eigenvalue weighted by atomic mass is 10.0. The van der Waals surface area contributed by atoms with Crippen molar-refractivity contribution in [2.45, 2.75) is 19.4 Å². The highest BCUT2D eigenvalue weighted by Gasteiger charge is 2.19. The summed E-state index contributed by atoms with van der Waals surface area (Å²) in [6.07, 6.45) is 2.16. The van der Waals surface area contributed by atoms with Crippen LogP contribution in [0.4, 0.5) is 5.69 Å². The normalized spacial score (nSPS) is 13.1. The first-order valence-electron chi connectivity index (χ1n) is 8.52. The Bertz CT molecular complexity index is 745. The molecule has 25 heavy (non-hydrogen) atoms. The van der Waals surface area contributed by atoms with Crippen LogP contribution in [0.1, 0.15) is 17.5 Å². The first kappa shape index (κ1) is 17.1. The van der Waals surface area contributed by atoms with Crippen molar-refractivity contribution in [2.24, 2.45) is 0 Å². The average molecular weight is 340 g/mol. The molecule has 0 aromatic heterocycles. The number of ether oxygens (including phenoxy) is 2. The van der Waals surface area contributed by atoms with Gasteiger partial charge in [-0.2, -0.15) is 0 Å². The standard InChI is InChI=1S/C20H24N2O3/c1-24-18-11-5-8-16(20(18)25-2)13-21-19(23)14-22-12-6-9-15-7-3-4-10-17(15)22/h3-5,7-8,10-11H,6,9,12-14H2,1-2H3,(H,21,23). The number of fused-ring (bicyclic) bond motifs is 1. The maximum atomic E-state index is 12.4. The zero-order valence-corrected chi connectivity index (χ0v) is 14.7. The van der Waals surface area contributed by atoms with E-state index in [1.165, 1.54) is 11.3 Å². The van der Waals surface area contributed by atoms with Crippen LogP contribution < -0.4 is 19.7 Å². The second-order valence-electron chi connectivity index (χ2n) is 6.08. The molecule has 0 aliphatic carbocycles. The summed E-state index contributed by atoms with van der Waals surface area (Å²) in [5.74, 6) is 1.33. The number of methoxy groups -OCH3 is 2. The van der Waals surface area contributed by atoms with Gasteiger partial charge in [-0.25, -0.2) is 0 Å². The van der Waals surface area contributed by atoms with Gasteiger partial charge in [-0.3, -0.25) is 4.79 Å². The predicted octanol–water partition coefficient (Wildman–Crippen LogP) is 2.77. The predicted molar refractivity (Wildman–Crippen MR) is 98.4 cm³/mol. The number of nitrogens with zero attached hydrogens (tertiary/aromatic N) is 1. The van der Waals surface area contributed by atoms with Crippen molar-refractivity contribution in [2.75, 3.05) is 32.2 Å². The van der Waals surface area contributed by atoms with Crippen LogP contribution in [0.2, 0.25) is 0 Å². The van der Waals surface area contributed by atoms with Gasteiger partial charge in [0.05, 0.1) is 20.8 Å². The van der Waals surface area contributed by atoms with Crippen molar-refractivity contribution in [3.8, 4) is 11.5 Å². The van der Waals surface area contributed by atoms with E-state index in [0.717, 1.165) is 24.9 Å². The number of rotatable bonds is 6. The number of carbonyl (C=O) groups excluding carboxylic acids is 1. The summed E-state index contributed by atoms with van der Waals surface area (Å²) in [7, 11) is 3.21. The van der Waals surface area contributed by atoms with Crippen LogP contribution >= 0.6 is 0 Å². The molecule has 2 aromatic rings. The number of aryl methyl sites for hydroxylation is 1. The molecule has 0 saturated carbocycles. The highest BCUT2D eigenvalue weighted by atomic mass is 16.5. The number of anilines is 1. The Kier molecular flexibility index (Phi) is 5.43. The Morgan fingerprint density at radius 1 is 1.12 bits per heavy atom. The summed E-state index contributed by atoms with van der Waals surface area (Å²) in [6.45, 7) is 1.69. The van der Waals surface area contributed by atoms with Gasteiger partial charge in [0, 0.05) is 24.3 Å². The average Bonchev–Trinajstić information content (AvgIpc) is 2.66. The second kappa shape index (κ2) is 7.92. The molecule has 0 bridgehead atoms. The molecular formula is C20H24N2O3. The van der Waals surface area contributed by atoms with Crippen LogP contribution in [0, 0.1) is 0 Å². The second-order valence-corrected chi connectivity index (χ2v) is 6.08. The van der Waals surface area contributed by atoms with Crippen LogP contribution in [0.25, 0.3) is 0 Å². The quantitative estimate of drug-likeness (QED) is 0.878. The van der Waals surface area contributed by atoms with Gasteiger partial charge in [-0.15, -0.1) is 0 Å². The highest BCUT2D eigenvalue weighted by Crippen LogP contribution is 2.30. The summed E-state index contributed by atoms with van der Waals surface area (Å²) in [5, 5.41) is 2.99. The molecular weight excluding hydrogens is 316 g/mol. The van der Waals surface area contributed by atoms with Crippen LogP contribution in [0.3, 0.4) is 0 Å².